The number of esters is 1. The largest absolute Gasteiger partial charge is 0.467 e. The molecule has 0 unspecified atom stereocenters. The molecule has 0 aliphatic rings. The molecule has 2 atom stereocenters. The molecule has 5 heteroatoms. The van der Waals surface area contributed by atoms with Gasteiger partial charge in [-0.2, -0.15) is 5.26 Å². The van der Waals surface area contributed by atoms with Gasteiger partial charge in [0.1, 0.15) is 0 Å². The molecule has 0 aliphatic carbocycles. The average molecular weight is 234 g/mol. The summed E-state index contributed by atoms with van der Waals surface area (Å²) in [5, 5.41) is 8.67. The maximum atomic E-state index is 11.4. The second-order valence-electron chi connectivity index (χ2n) is 3.44. The molecular formula is C12H14N2O3. The molecule has 1 aromatic carbocycles. The average Bonchev–Trinajstić information content (AvgIpc) is 2.39. The standard InChI is InChI=1S/C12H14N2O3/c1-16-11(12(15)17-2)10(14)9-5-3-8(7-13)4-6-9/h3-6,10-11H,14H2,1-2H3/t10-,11-/m0/s1. The summed E-state index contributed by atoms with van der Waals surface area (Å²) >= 11 is 0. The van der Waals surface area contributed by atoms with Crippen molar-refractivity contribution in [2.45, 2.75) is 12.1 Å². The van der Waals surface area contributed by atoms with Gasteiger partial charge >= 0.3 is 5.97 Å². The van der Waals surface area contributed by atoms with Gasteiger partial charge in [-0.15, -0.1) is 0 Å². The van der Waals surface area contributed by atoms with Crippen LogP contribution in [0.3, 0.4) is 0 Å². The predicted octanol–water partition coefficient (Wildman–Crippen LogP) is 0.746. The van der Waals surface area contributed by atoms with Crippen LogP contribution in [0.1, 0.15) is 17.2 Å². The van der Waals surface area contributed by atoms with Gasteiger partial charge in [0.15, 0.2) is 6.10 Å². The van der Waals surface area contributed by atoms with Crippen LogP contribution in [0.5, 0.6) is 0 Å². The minimum atomic E-state index is -0.854. The maximum absolute atomic E-state index is 11.4. The van der Waals surface area contributed by atoms with Crippen molar-refractivity contribution in [1.29, 1.82) is 5.26 Å². The van der Waals surface area contributed by atoms with Crippen LogP contribution in [-0.2, 0) is 14.3 Å². The van der Waals surface area contributed by atoms with Crippen LogP contribution in [-0.4, -0.2) is 26.3 Å². The van der Waals surface area contributed by atoms with Crippen molar-refractivity contribution < 1.29 is 14.3 Å². The van der Waals surface area contributed by atoms with E-state index in [1.807, 2.05) is 6.07 Å². The molecule has 0 aliphatic heterocycles. The van der Waals surface area contributed by atoms with E-state index in [0.717, 1.165) is 0 Å². The third-order valence-electron chi connectivity index (χ3n) is 2.44. The number of methoxy groups -OCH3 is 2. The summed E-state index contributed by atoms with van der Waals surface area (Å²) in [5.41, 5.74) is 7.15. The SMILES string of the molecule is COC(=O)[C@@H](OC)[C@@H](N)c1ccc(C#N)cc1. The van der Waals surface area contributed by atoms with Gasteiger partial charge in [0.2, 0.25) is 0 Å². The molecule has 1 aromatic rings. The van der Waals surface area contributed by atoms with Crippen molar-refractivity contribution in [1.82, 2.24) is 0 Å². The van der Waals surface area contributed by atoms with E-state index in [0.29, 0.717) is 11.1 Å². The lowest BCUT2D eigenvalue weighted by Crippen LogP contribution is -2.36. The van der Waals surface area contributed by atoms with Gasteiger partial charge < -0.3 is 15.2 Å². The van der Waals surface area contributed by atoms with Crippen molar-refractivity contribution in [3.63, 3.8) is 0 Å². The predicted molar refractivity (Wildman–Crippen MR) is 60.9 cm³/mol. The van der Waals surface area contributed by atoms with Crippen LogP contribution in [0.25, 0.3) is 0 Å². The van der Waals surface area contributed by atoms with Gasteiger partial charge in [0.25, 0.3) is 0 Å². The molecule has 0 saturated carbocycles. The molecular weight excluding hydrogens is 220 g/mol. The van der Waals surface area contributed by atoms with E-state index in [1.54, 1.807) is 24.3 Å². The quantitative estimate of drug-likeness (QED) is 0.777. The van der Waals surface area contributed by atoms with Gasteiger partial charge in [-0.1, -0.05) is 12.1 Å². The molecule has 0 heterocycles. The molecule has 17 heavy (non-hydrogen) atoms. The number of rotatable bonds is 4. The highest BCUT2D eigenvalue weighted by Crippen LogP contribution is 2.17. The highest BCUT2D eigenvalue weighted by Gasteiger charge is 2.27. The molecule has 0 aromatic heterocycles. The first-order valence-electron chi connectivity index (χ1n) is 5.00. The summed E-state index contributed by atoms with van der Waals surface area (Å²) in [6.07, 6.45) is -0.854. The lowest BCUT2D eigenvalue weighted by atomic mass is 10.0. The fraction of sp³-hybridized carbons (Fsp3) is 0.333. The molecule has 0 amide bonds. The van der Waals surface area contributed by atoms with E-state index >= 15 is 0 Å². The van der Waals surface area contributed by atoms with Crippen LogP contribution in [0.4, 0.5) is 0 Å². The number of nitrogens with zero attached hydrogens (tertiary/aromatic N) is 1. The van der Waals surface area contributed by atoms with Crippen molar-refractivity contribution >= 4 is 5.97 Å². The minimum absolute atomic E-state index is 0.524. The Hall–Kier alpha value is -1.90. The lowest BCUT2D eigenvalue weighted by molar-refractivity contribution is -0.153. The molecule has 0 saturated heterocycles. The topological polar surface area (TPSA) is 85.3 Å². The Morgan fingerprint density at radius 2 is 1.94 bits per heavy atom. The molecule has 1 rings (SSSR count). The van der Waals surface area contributed by atoms with Gasteiger partial charge in [0.05, 0.1) is 24.8 Å². The van der Waals surface area contributed by atoms with Gasteiger partial charge in [-0.25, -0.2) is 4.79 Å². The Labute approximate surface area is 99.7 Å². The van der Waals surface area contributed by atoms with Gasteiger partial charge in [-0.05, 0) is 17.7 Å². The smallest absolute Gasteiger partial charge is 0.336 e. The van der Waals surface area contributed by atoms with Crippen molar-refractivity contribution in [3.05, 3.63) is 35.4 Å². The van der Waals surface area contributed by atoms with E-state index < -0.39 is 18.1 Å². The van der Waals surface area contributed by atoms with Crippen LogP contribution in [0.2, 0.25) is 0 Å². The Morgan fingerprint density at radius 1 is 1.35 bits per heavy atom. The number of hydrogen-bond acceptors (Lipinski definition) is 5. The van der Waals surface area contributed by atoms with E-state index in [2.05, 4.69) is 4.74 Å². The van der Waals surface area contributed by atoms with E-state index in [9.17, 15) is 4.79 Å². The van der Waals surface area contributed by atoms with E-state index in [-0.39, 0.29) is 0 Å². The summed E-state index contributed by atoms with van der Waals surface area (Å²) < 4.78 is 9.61. The first-order valence-corrected chi connectivity index (χ1v) is 5.00. The Balaban J connectivity index is 2.90. The first kappa shape index (κ1) is 13.2. The Morgan fingerprint density at radius 3 is 2.35 bits per heavy atom. The van der Waals surface area contributed by atoms with Crippen molar-refractivity contribution in [2.75, 3.05) is 14.2 Å². The molecule has 5 nitrogen and oxygen atoms in total. The number of carbonyl (C=O) groups excluding carboxylic acids is 1. The normalized spacial score (nSPS) is 13.5. The summed E-state index contributed by atoms with van der Waals surface area (Å²) in [7, 11) is 2.67. The molecule has 0 spiro atoms. The van der Waals surface area contributed by atoms with Gasteiger partial charge in [-0.3, -0.25) is 0 Å². The second kappa shape index (κ2) is 5.99. The van der Waals surface area contributed by atoms with Crippen LogP contribution >= 0.6 is 0 Å². The third-order valence-corrected chi connectivity index (χ3v) is 2.44. The molecule has 0 radical (unpaired) electrons. The zero-order valence-corrected chi connectivity index (χ0v) is 9.71. The van der Waals surface area contributed by atoms with Crippen LogP contribution in [0.15, 0.2) is 24.3 Å². The Bertz CT molecular complexity index is 422. The van der Waals surface area contributed by atoms with E-state index in [1.165, 1.54) is 14.2 Å². The zero-order chi connectivity index (χ0) is 12.8. The molecule has 2 N–H and O–H groups in total. The van der Waals surface area contributed by atoms with Crippen molar-refractivity contribution in [2.24, 2.45) is 5.73 Å². The highest BCUT2D eigenvalue weighted by atomic mass is 16.6. The summed E-state index contributed by atoms with van der Waals surface area (Å²) in [6, 6.07) is 8.04. The number of nitriles is 1. The van der Waals surface area contributed by atoms with Crippen LogP contribution in [0, 0.1) is 11.3 Å². The number of ether oxygens (including phenoxy) is 2. The zero-order valence-electron chi connectivity index (χ0n) is 9.71. The third kappa shape index (κ3) is 3.03. The number of hydrogen-bond donors (Lipinski definition) is 1. The fourth-order valence-corrected chi connectivity index (χ4v) is 1.46. The molecule has 0 bridgehead atoms. The maximum Gasteiger partial charge on any atom is 0.336 e. The summed E-state index contributed by atoms with van der Waals surface area (Å²) in [4.78, 5) is 11.4. The first-order chi connectivity index (χ1) is 8.13. The van der Waals surface area contributed by atoms with E-state index in [4.69, 9.17) is 15.7 Å². The lowest BCUT2D eigenvalue weighted by Gasteiger charge is -2.20. The van der Waals surface area contributed by atoms with Crippen molar-refractivity contribution in [3.8, 4) is 6.07 Å². The highest BCUT2D eigenvalue weighted by molar-refractivity contribution is 5.75. The minimum Gasteiger partial charge on any atom is -0.467 e. The number of nitrogens with two attached hydrogens (primary N) is 1. The summed E-state index contributed by atoms with van der Waals surface area (Å²) in [6.45, 7) is 0. The molecule has 0 fully saturated rings. The fourth-order valence-electron chi connectivity index (χ4n) is 1.46. The summed E-state index contributed by atoms with van der Waals surface area (Å²) in [5.74, 6) is -0.524. The second-order valence-corrected chi connectivity index (χ2v) is 3.44. The van der Waals surface area contributed by atoms with Gasteiger partial charge in [0, 0.05) is 7.11 Å². The Kier molecular flexibility index (Phi) is 4.64. The number of carbonyl (C=O) groups is 1. The monoisotopic (exact) mass is 234 g/mol. The van der Waals surface area contributed by atoms with Crippen LogP contribution < -0.4 is 5.73 Å². The molecule has 90 valence electrons. The number of benzene rings is 1.